The van der Waals surface area contributed by atoms with Gasteiger partial charge in [0.15, 0.2) is 14.4 Å². The van der Waals surface area contributed by atoms with Gasteiger partial charge in [-0.05, 0) is 104 Å². The predicted octanol–water partition coefficient (Wildman–Crippen LogP) is 15.4. The van der Waals surface area contributed by atoms with Gasteiger partial charge in [-0.1, -0.05) is 156 Å². The molecule has 58 heavy (non-hydrogen) atoms. The normalized spacial score (nSPS) is 18.6. The van der Waals surface area contributed by atoms with Crippen LogP contribution in [0.2, 0.25) is 0 Å². The summed E-state index contributed by atoms with van der Waals surface area (Å²) in [5.74, 6) is 0.858. The molecule has 0 spiro atoms. The van der Waals surface area contributed by atoms with Crippen LogP contribution in [0.3, 0.4) is 0 Å². The van der Waals surface area contributed by atoms with E-state index in [2.05, 4.69) is 180 Å². The lowest BCUT2D eigenvalue weighted by Crippen LogP contribution is -2.28. The number of aromatic nitrogens is 2. The zero-order chi connectivity index (χ0) is 41.0. The Labute approximate surface area is 376 Å². The van der Waals surface area contributed by atoms with Crippen LogP contribution in [-0.4, -0.2) is 33.6 Å². The highest BCUT2D eigenvalue weighted by atomic mass is 79.9. The summed E-state index contributed by atoms with van der Waals surface area (Å²) >= 11 is 12.8. The smallest absolute Gasteiger partial charge is 0.209 e. The molecule has 3 aromatic carbocycles. The molecule has 0 atom stereocenters. The fraction of sp³-hybridized carbons (Fsp3) is 0.367. The average molecular weight is 956 g/mol. The molecular weight excluding hydrogens is 901 g/mol. The Morgan fingerprint density at radius 2 is 1.57 bits per heavy atom. The molecule has 3 aliphatic rings. The lowest BCUT2D eigenvalue weighted by atomic mass is 9.81. The zero-order valence-corrected chi connectivity index (χ0v) is 40.3. The molecule has 0 fully saturated rings. The first-order valence-corrected chi connectivity index (χ1v) is 24.9. The number of anilines is 1. The minimum atomic E-state index is -0.119. The van der Waals surface area contributed by atoms with Gasteiger partial charge in [0.25, 0.3) is 0 Å². The molecule has 0 saturated carbocycles. The molecule has 0 radical (unpaired) electrons. The van der Waals surface area contributed by atoms with E-state index in [1.165, 1.54) is 55.5 Å². The van der Waals surface area contributed by atoms with Gasteiger partial charge in [0.2, 0.25) is 5.69 Å². The van der Waals surface area contributed by atoms with Gasteiger partial charge in [-0.15, -0.1) is 10.2 Å². The maximum atomic E-state index is 4.77. The topological polar surface area (TPSA) is 32.0 Å². The molecule has 7 rings (SSSR count). The molecule has 0 N–H and O–H groups in total. The van der Waals surface area contributed by atoms with Crippen LogP contribution < -0.4 is 4.90 Å². The van der Waals surface area contributed by atoms with E-state index in [9.17, 15) is 0 Å². The van der Waals surface area contributed by atoms with E-state index in [0.717, 1.165) is 87.0 Å². The van der Waals surface area contributed by atoms with Gasteiger partial charge in [0.1, 0.15) is 6.54 Å². The Morgan fingerprint density at radius 3 is 2.31 bits per heavy atom. The first-order chi connectivity index (χ1) is 27.9. The van der Waals surface area contributed by atoms with Gasteiger partial charge in [0, 0.05) is 67.1 Å². The number of thioether (sulfide) groups is 2. The minimum absolute atomic E-state index is 0.119. The maximum Gasteiger partial charge on any atom is 0.209 e. The van der Waals surface area contributed by atoms with E-state index in [0.29, 0.717) is 0 Å². The van der Waals surface area contributed by atoms with Crippen LogP contribution >= 0.6 is 66.7 Å². The van der Waals surface area contributed by atoms with Crippen molar-refractivity contribution in [1.29, 1.82) is 0 Å². The largest absolute Gasteiger partial charge is 0.344 e. The van der Waals surface area contributed by atoms with E-state index in [1.54, 1.807) is 34.9 Å². The Bertz CT molecular complexity index is 2330. The summed E-state index contributed by atoms with van der Waals surface area (Å²) in [5, 5.41) is 9.44. The number of fused-ring (bicyclic) bond motifs is 2. The first kappa shape index (κ1) is 43.1. The second-order valence-corrected chi connectivity index (χ2v) is 21.7. The highest BCUT2D eigenvalue weighted by Crippen LogP contribution is 2.50. The molecule has 1 aromatic heterocycles. The summed E-state index contributed by atoms with van der Waals surface area (Å²) in [5.41, 5.74) is 13.1. The van der Waals surface area contributed by atoms with Crippen molar-refractivity contribution in [2.24, 2.45) is 0 Å². The van der Waals surface area contributed by atoms with Crippen LogP contribution in [0.1, 0.15) is 109 Å². The minimum Gasteiger partial charge on any atom is -0.344 e. The second-order valence-electron chi connectivity index (χ2n) is 16.4. The van der Waals surface area contributed by atoms with Gasteiger partial charge in [-0.3, -0.25) is 0 Å². The third-order valence-corrected chi connectivity index (χ3v) is 16.1. The molecule has 3 heterocycles. The number of rotatable bonds is 15. The summed E-state index contributed by atoms with van der Waals surface area (Å²) in [4.78, 5) is 3.89. The Balaban J connectivity index is 1.27. The fourth-order valence-electron chi connectivity index (χ4n) is 8.40. The Hall–Kier alpha value is -2.95. The molecule has 4 nitrogen and oxygen atoms in total. The van der Waals surface area contributed by atoms with Crippen molar-refractivity contribution in [1.82, 2.24) is 10.2 Å². The molecule has 0 amide bonds. The van der Waals surface area contributed by atoms with Crippen LogP contribution in [0.15, 0.2) is 131 Å². The van der Waals surface area contributed by atoms with Crippen molar-refractivity contribution >= 4 is 89.9 Å². The van der Waals surface area contributed by atoms with Crippen LogP contribution in [0.4, 0.5) is 11.4 Å². The number of halogens is 2. The molecule has 0 bridgehead atoms. The fourth-order valence-corrected chi connectivity index (χ4v) is 12.3. The number of hydrogen-bond acceptors (Lipinski definition) is 6. The van der Waals surface area contributed by atoms with Crippen molar-refractivity contribution in [2.45, 2.75) is 112 Å². The third-order valence-electron chi connectivity index (χ3n) is 11.7. The van der Waals surface area contributed by atoms with E-state index in [4.69, 9.17) is 5.10 Å². The number of hydrogen-bond donors (Lipinski definition) is 0. The predicted molar refractivity (Wildman–Crippen MR) is 259 cm³/mol. The molecular formula is C49H55Br2N4S3+. The monoisotopic (exact) mass is 953 g/mol. The molecule has 0 unspecified atom stereocenters. The van der Waals surface area contributed by atoms with Gasteiger partial charge >= 0.3 is 0 Å². The van der Waals surface area contributed by atoms with E-state index in [1.807, 2.05) is 6.08 Å². The van der Waals surface area contributed by atoms with Crippen LogP contribution in [0, 0.1) is 0 Å². The van der Waals surface area contributed by atoms with Crippen molar-refractivity contribution in [3.05, 3.63) is 144 Å². The molecule has 1 aliphatic carbocycles. The molecule has 302 valence electrons. The lowest BCUT2D eigenvalue weighted by Gasteiger charge is -2.27. The second kappa shape index (κ2) is 18.8. The maximum absolute atomic E-state index is 4.77. The average Bonchev–Trinajstić information content (AvgIpc) is 3.81. The summed E-state index contributed by atoms with van der Waals surface area (Å²) in [6.45, 7) is 20.0. The van der Waals surface area contributed by atoms with Crippen LogP contribution in [0.5, 0.6) is 0 Å². The van der Waals surface area contributed by atoms with Gasteiger partial charge in [-0.2, -0.15) is 4.58 Å². The highest BCUT2D eigenvalue weighted by Gasteiger charge is 2.44. The third kappa shape index (κ3) is 9.19. The molecule has 2 aliphatic heterocycles. The first-order valence-electron chi connectivity index (χ1n) is 20.7. The summed E-state index contributed by atoms with van der Waals surface area (Å²) in [6, 6.07) is 22.2. The van der Waals surface area contributed by atoms with Gasteiger partial charge in [0.05, 0.1) is 5.41 Å². The number of unbranched alkanes of at least 4 members (excludes halogenated alkanes) is 2. The van der Waals surface area contributed by atoms with E-state index >= 15 is 0 Å². The Kier molecular flexibility index (Phi) is 14.0. The van der Waals surface area contributed by atoms with Crippen molar-refractivity contribution in [3.63, 3.8) is 0 Å². The van der Waals surface area contributed by atoms with Crippen molar-refractivity contribution in [2.75, 3.05) is 18.0 Å². The number of allylic oxidation sites excluding steroid dienone is 7. The van der Waals surface area contributed by atoms with Crippen molar-refractivity contribution in [3.8, 4) is 0 Å². The summed E-state index contributed by atoms with van der Waals surface area (Å²) in [7, 11) is 0. The highest BCUT2D eigenvalue weighted by molar-refractivity contribution is 9.10. The molecule has 4 aromatic rings. The SMILES string of the molecule is C=Cc1ccc(CSc2nnc(SC3=C(/C=C/C4=[N+](CCCC)c5ccc(Br)cc5C4(C)C)CCC/C3=C\C=C3\N(CCCC)c4ccc(Br)cc4C3(C)C)s2)cc1. The molecule has 9 heteroatoms. The van der Waals surface area contributed by atoms with Crippen LogP contribution in [0.25, 0.3) is 6.08 Å². The lowest BCUT2D eigenvalue weighted by molar-refractivity contribution is -0.438. The van der Waals surface area contributed by atoms with Gasteiger partial charge in [-0.25, -0.2) is 0 Å². The number of benzene rings is 3. The summed E-state index contributed by atoms with van der Waals surface area (Å²) in [6.07, 6.45) is 19.4. The number of nitrogens with zero attached hydrogens (tertiary/aromatic N) is 4. The Morgan fingerprint density at radius 1 is 0.845 bits per heavy atom. The van der Waals surface area contributed by atoms with Gasteiger partial charge < -0.3 is 4.90 Å². The quantitative estimate of drug-likeness (QED) is 0.0876. The van der Waals surface area contributed by atoms with E-state index < -0.39 is 0 Å². The summed E-state index contributed by atoms with van der Waals surface area (Å²) < 4.78 is 6.82. The molecule has 0 saturated heterocycles. The van der Waals surface area contributed by atoms with E-state index in [-0.39, 0.29) is 10.8 Å². The zero-order valence-electron chi connectivity index (χ0n) is 34.7. The van der Waals surface area contributed by atoms with Crippen molar-refractivity contribution < 1.29 is 4.58 Å². The standard InChI is InChI=1S/C49H55Br2N4S3/c1-8-11-28-54-41-24-22-37(50)30-39(41)48(4,5)43(54)26-20-35-14-13-15-36(21-27-44-49(6,7)40-31-38(51)23-25-42(40)55(44)29-12-9-2)45(35)57-47-53-52-46(58-47)56-32-34-18-16-33(10-3)17-19-34/h10,16-27,30-31H,3,8-9,11-15,28-29,32H2,1-2,4-7H3/q+1. The van der Waals surface area contributed by atoms with Crippen LogP contribution in [-0.2, 0) is 16.6 Å².